The molecule has 2 aromatic heterocycles. The zero-order valence-corrected chi connectivity index (χ0v) is 16.3. The van der Waals surface area contributed by atoms with Crippen LogP contribution in [0.5, 0.6) is 5.75 Å². The van der Waals surface area contributed by atoms with E-state index in [0.717, 1.165) is 6.42 Å². The van der Waals surface area contributed by atoms with Gasteiger partial charge in [0, 0.05) is 37.2 Å². The molecule has 0 saturated carbocycles. The average molecular weight is 398 g/mol. The molecule has 144 valence electrons. The summed E-state index contributed by atoms with van der Waals surface area (Å²) in [5.74, 6) is 0.619. The third kappa shape index (κ3) is 4.95. The van der Waals surface area contributed by atoms with Gasteiger partial charge in [-0.2, -0.15) is 0 Å². The van der Waals surface area contributed by atoms with Crippen molar-refractivity contribution in [3.05, 3.63) is 71.3 Å². The van der Waals surface area contributed by atoms with Crippen molar-refractivity contribution in [2.24, 2.45) is 0 Å². The van der Waals surface area contributed by atoms with Crippen LogP contribution in [0.2, 0.25) is 5.02 Å². The fourth-order valence-corrected chi connectivity index (χ4v) is 2.74. The highest BCUT2D eigenvalue weighted by atomic mass is 35.5. The van der Waals surface area contributed by atoms with E-state index in [1.807, 2.05) is 24.1 Å². The van der Waals surface area contributed by atoms with Gasteiger partial charge in [-0.25, -0.2) is 9.97 Å². The average Bonchev–Trinajstić information content (AvgIpc) is 2.73. The molecule has 0 fully saturated rings. The summed E-state index contributed by atoms with van der Waals surface area (Å²) in [6.45, 7) is 0.706. The Morgan fingerprint density at radius 1 is 1.18 bits per heavy atom. The molecule has 0 aliphatic rings. The van der Waals surface area contributed by atoms with Gasteiger partial charge in [-0.3, -0.25) is 9.78 Å². The summed E-state index contributed by atoms with van der Waals surface area (Å²) in [4.78, 5) is 27.2. The van der Waals surface area contributed by atoms with E-state index in [4.69, 9.17) is 16.3 Å². The monoisotopic (exact) mass is 397 g/mol. The van der Waals surface area contributed by atoms with Crippen molar-refractivity contribution in [3.63, 3.8) is 0 Å². The van der Waals surface area contributed by atoms with Gasteiger partial charge < -0.3 is 15.0 Å². The first kappa shape index (κ1) is 19.6. The van der Waals surface area contributed by atoms with Gasteiger partial charge in [0.1, 0.15) is 11.4 Å². The fraction of sp³-hybridized carbons (Fsp3) is 0.200. The lowest BCUT2D eigenvalue weighted by Gasteiger charge is -2.17. The highest BCUT2D eigenvalue weighted by molar-refractivity contribution is 6.31. The van der Waals surface area contributed by atoms with Crippen molar-refractivity contribution >= 4 is 29.1 Å². The smallest absolute Gasteiger partial charge is 0.274 e. The topological polar surface area (TPSA) is 80.2 Å². The molecule has 3 aromatic rings. The molecule has 0 spiro atoms. The van der Waals surface area contributed by atoms with Crippen LogP contribution in [0, 0.1) is 0 Å². The number of carbonyl (C=O) groups is 1. The second kappa shape index (κ2) is 9.14. The van der Waals surface area contributed by atoms with Crippen LogP contribution >= 0.6 is 11.6 Å². The van der Waals surface area contributed by atoms with Crippen molar-refractivity contribution in [1.29, 1.82) is 0 Å². The van der Waals surface area contributed by atoms with Crippen LogP contribution in [0.25, 0.3) is 0 Å². The number of hydrogen-bond donors (Lipinski definition) is 1. The number of nitrogens with one attached hydrogen (secondary N) is 1. The molecular weight excluding hydrogens is 378 g/mol. The Hall–Kier alpha value is -3.19. The number of aromatic nitrogens is 3. The Kier molecular flexibility index (Phi) is 6.39. The first-order valence-corrected chi connectivity index (χ1v) is 9.02. The quantitative estimate of drug-likeness (QED) is 0.657. The van der Waals surface area contributed by atoms with Crippen molar-refractivity contribution in [2.45, 2.75) is 6.42 Å². The van der Waals surface area contributed by atoms with Crippen LogP contribution in [-0.4, -0.2) is 41.6 Å². The number of benzene rings is 1. The fourth-order valence-electron chi connectivity index (χ4n) is 2.57. The van der Waals surface area contributed by atoms with E-state index in [0.29, 0.717) is 29.0 Å². The third-order valence-corrected chi connectivity index (χ3v) is 4.35. The third-order valence-electron chi connectivity index (χ3n) is 4.11. The summed E-state index contributed by atoms with van der Waals surface area (Å²) >= 11 is 6.01. The minimum absolute atomic E-state index is 0.253. The van der Waals surface area contributed by atoms with Gasteiger partial charge in [-0.15, -0.1) is 0 Å². The summed E-state index contributed by atoms with van der Waals surface area (Å²) in [6.07, 6.45) is 5.91. The summed E-state index contributed by atoms with van der Waals surface area (Å²) < 4.78 is 5.25. The molecule has 0 unspecified atom stereocenters. The second-order valence-corrected chi connectivity index (χ2v) is 6.50. The Labute approximate surface area is 168 Å². The number of anilines is 2. The number of rotatable bonds is 7. The summed E-state index contributed by atoms with van der Waals surface area (Å²) in [5, 5.41) is 3.27. The lowest BCUT2D eigenvalue weighted by Crippen LogP contribution is -2.24. The maximum absolute atomic E-state index is 12.6. The molecule has 0 radical (unpaired) electrons. The largest absolute Gasteiger partial charge is 0.495 e. The first-order valence-electron chi connectivity index (χ1n) is 8.65. The van der Waals surface area contributed by atoms with E-state index in [1.165, 1.54) is 12.7 Å². The Morgan fingerprint density at radius 3 is 2.71 bits per heavy atom. The van der Waals surface area contributed by atoms with E-state index >= 15 is 0 Å². The second-order valence-electron chi connectivity index (χ2n) is 6.07. The molecule has 3 rings (SSSR count). The molecule has 0 atom stereocenters. The van der Waals surface area contributed by atoms with Gasteiger partial charge >= 0.3 is 0 Å². The van der Waals surface area contributed by atoms with E-state index < -0.39 is 0 Å². The standard InChI is InChI=1S/C20H20ClN5O2/c1-26(12-8-14-5-9-22-10-6-14)20-23-11-7-16(25-20)19(27)24-17-13-15(21)3-4-18(17)28-2/h3-7,9-11,13H,8,12H2,1-2H3,(H,24,27). The normalized spacial score (nSPS) is 10.4. The van der Waals surface area contributed by atoms with Crippen molar-refractivity contribution in [3.8, 4) is 5.75 Å². The number of halogens is 1. The van der Waals surface area contributed by atoms with Gasteiger partial charge in [-0.05, 0) is 48.4 Å². The van der Waals surface area contributed by atoms with Crippen molar-refractivity contribution in [2.75, 3.05) is 30.9 Å². The number of ether oxygens (including phenoxy) is 1. The van der Waals surface area contributed by atoms with E-state index in [1.54, 1.807) is 42.9 Å². The zero-order chi connectivity index (χ0) is 19.9. The van der Waals surface area contributed by atoms with Gasteiger partial charge in [0.05, 0.1) is 12.8 Å². The Balaban J connectivity index is 1.70. The van der Waals surface area contributed by atoms with Crippen LogP contribution in [0.15, 0.2) is 55.0 Å². The molecule has 1 aromatic carbocycles. The SMILES string of the molecule is COc1ccc(Cl)cc1NC(=O)c1ccnc(N(C)CCc2ccncc2)n1. The molecule has 1 N–H and O–H groups in total. The van der Waals surface area contributed by atoms with E-state index in [9.17, 15) is 4.79 Å². The first-order chi connectivity index (χ1) is 13.6. The van der Waals surface area contributed by atoms with Gasteiger partial charge in [0.15, 0.2) is 0 Å². The minimum atomic E-state index is -0.369. The highest BCUT2D eigenvalue weighted by Gasteiger charge is 2.14. The molecule has 1 amide bonds. The van der Waals surface area contributed by atoms with Gasteiger partial charge in [0.25, 0.3) is 5.91 Å². The molecular formula is C20H20ClN5O2. The molecule has 0 saturated heterocycles. The lowest BCUT2D eigenvalue weighted by molar-refractivity contribution is 0.102. The molecule has 2 heterocycles. The van der Waals surface area contributed by atoms with Gasteiger partial charge in [-0.1, -0.05) is 11.6 Å². The van der Waals surface area contributed by atoms with Gasteiger partial charge in [0.2, 0.25) is 5.95 Å². The number of carbonyl (C=O) groups excluding carboxylic acids is 1. The molecule has 0 aliphatic carbocycles. The minimum Gasteiger partial charge on any atom is -0.495 e. The van der Waals surface area contributed by atoms with Crippen LogP contribution in [0.3, 0.4) is 0 Å². The number of amides is 1. The molecule has 0 bridgehead atoms. The van der Waals surface area contributed by atoms with Crippen LogP contribution in [-0.2, 0) is 6.42 Å². The van der Waals surface area contributed by atoms with E-state index in [-0.39, 0.29) is 11.6 Å². The maximum atomic E-state index is 12.6. The van der Waals surface area contributed by atoms with Crippen LogP contribution in [0.4, 0.5) is 11.6 Å². The van der Waals surface area contributed by atoms with Crippen molar-refractivity contribution in [1.82, 2.24) is 15.0 Å². The Morgan fingerprint density at radius 2 is 1.96 bits per heavy atom. The number of likely N-dealkylation sites (N-methyl/N-ethyl adjacent to an activating group) is 1. The Bertz CT molecular complexity index is 952. The highest BCUT2D eigenvalue weighted by Crippen LogP contribution is 2.28. The van der Waals surface area contributed by atoms with Crippen molar-refractivity contribution < 1.29 is 9.53 Å². The van der Waals surface area contributed by atoms with Crippen LogP contribution in [0.1, 0.15) is 16.1 Å². The molecule has 7 nitrogen and oxygen atoms in total. The number of hydrogen-bond acceptors (Lipinski definition) is 6. The number of methoxy groups -OCH3 is 1. The van der Waals surface area contributed by atoms with Crippen LogP contribution < -0.4 is 15.0 Å². The lowest BCUT2D eigenvalue weighted by atomic mass is 10.2. The molecule has 28 heavy (non-hydrogen) atoms. The zero-order valence-electron chi connectivity index (χ0n) is 15.6. The number of pyridine rings is 1. The summed E-state index contributed by atoms with van der Waals surface area (Å²) in [5.41, 5.74) is 1.90. The molecule has 8 heteroatoms. The number of nitrogens with zero attached hydrogens (tertiary/aromatic N) is 4. The predicted molar refractivity (Wildman–Crippen MR) is 109 cm³/mol. The maximum Gasteiger partial charge on any atom is 0.274 e. The summed E-state index contributed by atoms with van der Waals surface area (Å²) in [6, 6.07) is 10.5. The summed E-state index contributed by atoms with van der Waals surface area (Å²) in [7, 11) is 3.41. The predicted octanol–water partition coefficient (Wildman–Crippen LogP) is 3.46. The molecule has 0 aliphatic heterocycles. The van der Waals surface area contributed by atoms with E-state index in [2.05, 4.69) is 20.3 Å².